The lowest BCUT2D eigenvalue weighted by atomic mass is 10.2. The second-order valence-electron chi connectivity index (χ2n) is 4.16. The summed E-state index contributed by atoms with van der Waals surface area (Å²) in [5.41, 5.74) is 1.82. The number of hydrogen-bond donors (Lipinski definition) is 1. The van der Waals surface area contributed by atoms with Gasteiger partial charge in [-0.2, -0.15) is 0 Å². The summed E-state index contributed by atoms with van der Waals surface area (Å²) in [6.07, 6.45) is 0. The van der Waals surface area contributed by atoms with Crippen LogP contribution < -0.4 is 14.8 Å². The van der Waals surface area contributed by atoms with Gasteiger partial charge in [0.15, 0.2) is 16.5 Å². The summed E-state index contributed by atoms with van der Waals surface area (Å²) in [5, 5.41) is 5.17. The first kappa shape index (κ1) is 12.0. The minimum absolute atomic E-state index is 0.157. The van der Waals surface area contributed by atoms with Crippen molar-refractivity contribution in [2.45, 2.75) is 13.5 Å². The maximum absolute atomic E-state index is 11.8. The molecule has 0 saturated heterocycles. The Morgan fingerprint density at radius 3 is 3.05 bits per heavy atom. The Labute approximate surface area is 114 Å². The van der Waals surface area contributed by atoms with Gasteiger partial charge in [-0.25, -0.2) is 4.98 Å². The summed E-state index contributed by atoms with van der Waals surface area (Å²) < 4.78 is 10.5. The highest BCUT2D eigenvalue weighted by Gasteiger charge is 2.14. The molecule has 0 saturated carbocycles. The van der Waals surface area contributed by atoms with E-state index in [1.807, 2.05) is 30.5 Å². The second kappa shape index (κ2) is 4.89. The van der Waals surface area contributed by atoms with Crippen molar-refractivity contribution in [3.63, 3.8) is 0 Å². The zero-order valence-electron chi connectivity index (χ0n) is 10.3. The molecule has 1 N–H and O–H groups in total. The van der Waals surface area contributed by atoms with E-state index in [2.05, 4.69) is 10.3 Å². The summed E-state index contributed by atoms with van der Waals surface area (Å²) in [7, 11) is 0. The van der Waals surface area contributed by atoms with Crippen LogP contribution in [0, 0.1) is 6.92 Å². The normalized spacial score (nSPS) is 12.5. The van der Waals surface area contributed by atoms with Crippen LogP contribution >= 0.6 is 11.3 Å². The van der Waals surface area contributed by atoms with Crippen LogP contribution in [-0.4, -0.2) is 17.7 Å². The van der Waals surface area contributed by atoms with Gasteiger partial charge in [0.05, 0.1) is 0 Å². The molecule has 1 aromatic heterocycles. The number of carbonyl (C=O) groups excluding carboxylic acids is 1. The van der Waals surface area contributed by atoms with Crippen molar-refractivity contribution in [1.82, 2.24) is 10.3 Å². The highest BCUT2D eigenvalue weighted by Crippen LogP contribution is 2.32. The average molecular weight is 276 g/mol. The van der Waals surface area contributed by atoms with Crippen LogP contribution in [0.1, 0.15) is 21.1 Å². The Hall–Kier alpha value is -2.08. The lowest BCUT2D eigenvalue weighted by molar-refractivity contribution is 0.0950. The van der Waals surface area contributed by atoms with Gasteiger partial charge < -0.3 is 14.8 Å². The third-order valence-electron chi connectivity index (χ3n) is 2.70. The molecule has 0 bridgehead atoms. The topological polar surface area (TPSA) is 60.5 Å². The number of amides is 1. The molecule has 1 amide bonds. The molecule has 0 spiro atoms. The smallest absolute Gasteiger partial charge is 0.280 e. The van der Waals surface area contributed by atoms with Crippen molar-refractivity contribution >= 4 is 17.2 Å². The number of nitrogens with zero attached hydrogens (tertiary/aromatic N) is 1. The van der Waals surface area contributed by atoms with Gasteiger partial charge in [-0.1, -0.05) is 6.07 Å². The van der Waals surface area contributed by atoms with Crippen molar-refractivity contribution in [2.75, 3.05) is 6.79 Å². The quantitative estimate of drug-likeness (QED) is 0.932. The number of hydrogen-bond acceptors (Lipinski definition) is 5. The molecular formula is C13H12N2O3S. The van der Waals surface area contributed by atoms with Gasteiger partial charge in [0.25, 0.3) is 5.91 Å². The fraction of sp³-hybridized carbons (Fsp3) is 0.231. The molecule has 98 valence electrons. The molecular weight excluding hydrogens is 264 g/mol. The molecule has 0 radical (unpaired) electrons. The number of benzene rings is 1. The van der Waals surface area contributed by atoms with Crippen LogP contribution in [-0.2, 0) is 6.54 Å². The van der Waals surface area contributed by atoms with E-state index >= 15 is 0 Å². The standard InChI is InChI=1S/C13H12N2O3S/c1-8-6-19-13(15-8)12(16)14-5-9-2-3-10-11(4-9)18-7-17-10/h2-4,6H,5,7H2,1H3,(H,14,16). The predicted octanol–water partition coefficient (Wildman–Crippen LogP) is 2.11. The number of aryl methyl sites for hydroxylation is 1. The molecule has 0 fully saturated rings. The molecule has 2 aromatic rings. The van der Waals surface area contributed by atoms with Gasteiger partial charge in [0, 0.05) is 17.6 Å². The minimum atomic E-state index is -0.157. The minimum Gasteiger partial charge on any atom is -0.454 e. The number of ether oxygens (including phenoxy) is 2. The monoisotopic (exact) mass is 276 g/mol. The number of nitrogens with one attached hydrogen (secondary N) is 1. The SMILES string of the molecule is Cc1csc(C(=O)NCc2ccc3c(c2)OCO3)n1. The van der Waals surface area contributed by atoms with Crippen molar-refractivity contribution in [3.05, 3.63) is 39.8 Å². The van der Waals surface area contributed by atoms with E-state index in [4.69, 9.17) is 9.47 Å². The van der Waals surface area contributed by atoms with E-state index in [-0.39, 0.29) is 12.7 Å². The first-order valence-corrected chi connectivity index (χ1v) is 6.69. The first-order valence-electron chi connectivity index (χ1n) is 5.81. The Bertz CT molecular complexity index is 624. The molecule has 5 nitrogen and oxygen atoms in total. The summed E-state index contributed by atoms with van der Waals surface area (Å²) in [6.45, 7) is 2.56. The molecule has 0 atom stereocenters. The lowest BCUT2D eigenvalue weighted by Gasteiger charge is -2.04. The van der Waals surface area contributed by atoms with Crippen molar-refractivity contribution in [2.24, 2.45) is 0 Å². The number of carbonyl (C=O) groups is 1. The molecule has 1 aliphatic rings. The molecule has 3 rings (SSSR count). The van der Waals surface area contributed by atoms with E-state index in [0.29, 0.717) is 11.6 Å². The Balaban J connectivity index is 1.64. The molecule has 1 aromatic carbocycles. The molecule has 19 heavy (non-hydrogen) atoms. The largest absolute Gasteiger partial charge is 0.454 e. The number of rotatable bonds is 3. The van der Waals surface area contributed by atoms with Crippen LogP contribution in [0.2, 0.25) is 0 Å². The van der Waals surface area contributed by atoms with E-state index in [0.717, 1.165) is 22.8 Å². The Kier molecular flexibility index (Phi) is 3.08. The number of fused-ring (bicyclic) bond motifs is 1. The van der Waals surface area contributed by atoms with Crippen LogP contribution in [0.15, 0.2) is 23.6 Å². The van der Waals surface area contributed by atoms with Crippen LogP contribution in [0.25, 0.3) is 0 Å². The lowest BCUT2D eigenvalue weighted by Crippen LogP contribution is -2.22. The van der Waals surface area contributed by atoms with Gasteiger partial charge in [-0.3, -0.25) is 4.79 Å². The maximum atomic E-state index is 11.8. The van der Waals surface area contributed by atoms with E-state index in [1.54, 1.807) is 0 Å². The number of aromatic nitrogens is 1. The predicted molar refractivity (Wildman–Crippen MR) is 70.6 cm³/mol. The first-order chi connectivity index (χ1) is 9.22. The van der Waals surface area contributed by atoms with Crippen LogP contribution in [0.4, 0.5) is 0 Å². The van der Waals surface area contributed by atoms with Crippen molar-refractivity contribution in [3.8, 4) is 11.5 Å². The second-order valence-corrected chi connectivity index (χ2v) is 5.02. The molecule has 0 aliphatic carbocycles. The molecule has 6 heteroatoms. The van der Waals surface area contributed by atoms with E-state index in [1.165, 1.54) is 11.3 Å². The van der Waals surface area contributed by atoms with E-state index < -0.39 is 0 Å². The maximum Gasteiger partial charge on any atom is 0.280 e. The van der Waals surface area contributed by atoms with Crippen molar-refractivity contribution < 1.29 is 14.3 Å². The fourth-order valence-corrected chi connectivity index (χ4v) is 2.48. The highest BCUT2D eigenvalue weighted by atomic mass is 32.1. The van der Waals surface area contributed by atoms with Gasteiger partial charge >= 0.3 is 0 Å². The Morgan fingerprint density at radius 1 is 1.42 bits per heavy atom. The van der Waals surface area contributed by atoms with Crippen molar-refractivity contribution in [1.29, 1.82) is 0 Å². The van der Waals surface area contributed by atoms with Gasteiger partial charge in [0.1, 0.15) is 0 Å². The fourth-order valence-electron chi connectivity index (χ4n) is 1.77. The van der Waals surface area contributed by atoms with Gasteiger partial charge in [-0.05, 0) is 24.6 Å². The van der Waals surface area contributed by atoms with Gasteiger partial charge in [-0.15, -0.1) is 11.3 Å². The van der Waals surface area contributed by atoms with E-state index in [9.17, 15) is 4.79 Å². The summed E-state index contributed by atoms with van der Waals surface area (Å²) in [6, 6.07) is 5.62. The molecule has 0 unspecified atom stereocenters. The van der Waals surface area contributed by atoms with Gasteiger partial charge in [0.2, 0.25) is 6.79 Å². The summed E-state index contributed by atoms with van der Waals surface area (Å²) >= 11 is 1.35. The molecule has 1 aliphatic heterocycles. The zero-order chi connectivity index (χ0) is 13.2. The summed E-state index contributed by atoms with van der Waals surface area (Å²) in [4.78, 5) is 16.0. The highest BCUT2D eigenvalue weighted by molar-refractivity contribution is 7.11. The van der Waals surface area contributed by atoms with Crippen LogP contribution in [0.3, 0.4) is 0 Å². The summed E-state index contributed by atoms with van der Waals surface area (Å²) in [5.74, 6) is 1.30. The average Bonchev–Trinajstić information content (AvgIpc) is 3.03. The Morgan fingerprint density at radius 2 is 2.26 bits per heavy atom. The third-order valence-corrected chi connectivity index (χ3v) is 3.66. The molecule has 2 heterocycles. The zero-order valence-corrected chi connectivity index (χ0v) is 11.1. The number of thiazole rings is 1. The van der Waals surface area contributed by atoms with Crippen LogP contribution in [0.5, 0.6) is 11.5 Å². The third kappa shape index (κ3) is 2.53.